The van der Waals surface area contributed by atoms with Gasteiger partial charge in [-0.25, -0.2) is 0 Å². The van der Waals surface area contributed by atoms with Crippen LogP contribution in [0.15, 0.2) is 36.4 Å². The van der Waals surface area contributed by atoms with Gasteiger partial charge in [0.05, 0.1) is 19.3 Å². The number of nitrogens with one attached hydrogen (secondary N) is 3. The molecule has 2 aromatic rings. The van der Waals surface area contributed by atoms with Gasteiger partial charge in [-0.1, -0.05) is 6.07 Å². The summed E-state index contributed by atoms with van der Waals surface area (Å²) in [5.74, 6) is 0.328. The maximum absolute atomic E-state index is 12.3. The van der Waals surface area contributed by atoms with Gasteiger partial charge in [-0.05, 0) is 69.2 Å². The third-order valence-corrected chi connectivity index (χ3v) is 3.98. The molecule has 2 aromatic carbocycles. The molecule has 0 saturated heterocycles. The van der Waals surface area contributed by atoms with Crippen LogP contribution in [-0.2, 0) is 4.79 Å². The van der Waals surface area contributed by atoms with Crippen LogP contribution in [-0.4, -0.2) is 31.5 Å². The number of carbonyl (C=O) groups is 2. The Labute approximate surface area is 160 Å². The summed E-state index contributed by atoms with van der Waals surface area (Å²) >= 11 is 0. The van der Waals surface area contributed by atoms with Gasteiger partial charge in [0.25, 0.3) is 5.91 Å². The maximum atomic E-state index is 12.3. The second-order valence-electron chi connectivity index (χ2n) is 6.76. The number of ether oxygens (including phenoxy) is 1. The molecule has 2 rings (SSSR count). The lowest BCUT2D eigenvalue weighted by molar-refractivity contribution is -0.114. The van der Waals surface area contributed by atoms with Crippen LogP contribution in [0, 0.1) is 13.8 Å². The van der Waals surface area contributed by atoms with Crippen molar-refractivity contribution in [1.29, 1.82) is 0 Å². The van der Waals surface area contributed by atoms with Crippen LogP contribution in [0.3, 0.4) is 0 Å². The van der Waals surface area contributed by atoms with Gasteiger partial charge in [0.15, 0.2) is 0 Å². The van der Waals surface area contributed by atoms with Gasteiger partial charge in [0, 0.05) is 17.3 Å². The number of aryl methyl sites for hydroxylation is 2. The van der Waals surface area contributed by atoms with E-state index >= 15 is 0 Å². The zero-order valence-electron chi connectivity index (χ0n) is 16.5. The highest BCUT2D eigenvalue weighted by Crippen LogP contribution is 2.25. The van der Waals surface area contributed by atoms with Crippen molar-refractivity contribution in [2.24, 2.45) is 0 Å². The molecule has 6 nitrogen and oxygen atoms in total. The van der Waals surface area contributed by atoms with Crippen molar-refractivity contribution in [3.05, 3.63) is 53.1 Å². The van der Waals surface area contributed by atoms with E-state index in [1.807, 2.05) is 58.0 Å². The number of hydrogen-bond donors (Lipinski definition) is 3. The molecule has 3 N–H and O–H groups in total. The van der Waals surface area contributed by atoms with E-state index in [0.717, 1.165) is 16.8 Å². The molecule has 0 bridgehead atoms. The first-order valence-corrected chi connectivity index (χ1v) is 8.90. The van der Waals surface area contributed by atoms with Crippen LogP contribution in [0.1, 0.15) is 35.3 Å². The van der Waals surface area contributed by atoms with Crippen LogP contribution in [0.25, 0.3) is 0 Å². The fourth-order valence-electron chi connectivity index (χ4n) is 2.64. The third-order valence-electron chi connectivity index (χ3n) is 3.98. The van der Waals surface area contributed by atoms with E-state index in [2.05, 4.69) is 16.0 Å². The molecule has 27 heavy (non-hydrogen) atoms. The largest absolute Gasteiger partial charge is 0.495 e. The number of rotatable bonds is 7. The summed E-state index contributed by atoms with van der Waals surface area (Å²) in [6.45, 7) is 7.80. The Morgan fingerprint density at radius 1 is 1.04 bits per heavy atom. The molecule has 0 aliphatic carbocycles. The Morgan fingerprint density at radius 2 is 1.78 bits per heavy atom. The molecule has 6 heteroatoms. The van der Waals surface area contributed by atoms with Crippen LogP contribution in [0.5, 0.6) is 5.75 Å². The zero-order valence-corrected chi connectivity index (χ0v) is 16.5. The van der Waals surface area contributed by atoms with Crippen LogP contribution in [0.4, 0.5) is 11.4 Å². The Kier molecular flexibility index (Phi) is 6.82. The average Bonchev–Trinajstić information content (AvgIpc) is 2.60. The summed E-state index contributed by atoms with van der Waals surface area (Å²) in [4.78, 5) is 24.3. The summed E-state index contributed by atoms with van der Waals surface area (Å²) in [5.41, 5.74) is 3.97. The monoisotopic (exact) mass is 369 g/mol. The molecule has 0 radical (unpaired) electrons. The highest BCUT2D eigenvalue weighted by molar-refractivity contribution is 5.96. The third kappa shape index (κ3) is 5.74. The first-order valence-electron chi connectivity index (χ1n) is 8.90. The molecule has 0 unspecified atom stereocenters. The Bertz CT molecular complexity index is 831. The summed E-state index contributed by atoms with van der Waals surface area (Å²) in [7, 11) is 1.57. The van der Waals surface area contributed by atoms with E-state index < -0.39 is 0 Å². The highest BCUT2D eigenvalue weighted by atomic mass is 16.5. The fourth-order valence-corrected chi connectivity index (χ4v) is 2.64. The average molecular weight is 369 g/mol. The second-order valence-corrected chi connectivity index (χ2v) is 6.76. The molecule has 0 atom stereocenters. The van der Waals surface area contributed by atoms with Gasteiger partial charge in [0.2, 0.25) is 5.91 Å². The minimum absolute atomic E-state index is 0.0814. The number of hydrogen-bond acceptors (Lipinski definition) is 4. The fraction of sp³-hybridized carbons (Fsp3) is 0.333. The van der Waals surface area contributed by atoms with E-state index in [1.165, 1.54) is 0 Å². The molecule has 0 saturated carbocycles. The molecule has 0 heterocycles. The lowest BCUT2D eigenvalue weighted by Gasteiger charge is -2.14. The first-order chi connectivity index (χ1) is 12.8. The maximum Gasteiger partial charge on any atom is 0.251 e. The number of amides is 2. The van der Waals surface area contributed by atoms with Gasteiger partial charge < -0.3 is 20.7 Å². The summed E-state index contributed by atoms with van der Waals surface area (Å²) < 4.78 is 5.27. The topological polar surface area (TPSA) is 79.5 Å². The van der Waals surface area contributed by atoms with Crippen molar-refractivity contribution in [2.45, 2.75) is 33.7 Å². The van der Waals surface area contributed by atoms with E-state index in [9.17, 15) is 9.59 Å². The lowest BCUT2D eigenvalue weighted by Crippen LogP contribution is -2.30. The van der Waals surface area contributed by atoms with Crippen molar-refractivity contribution in [3.63, 3.8) is 0 Å². The van der Waals surface area contributed by atoms with Crippen molar-refractivity contribution in [2.75, 3.05) is 24.3 Å². The summed E-state index contributed by atoms with van der Waals surface area (Å²) in [5, 5.41) is 8.82. The summed E-state index contributed by atoms with van der Waals surface area (Å²) in [6, 6.07) is 11.1. The lowest BCUT2D eigenvalue weighted by atomic mass is 10.1. The Hall–Kier alpha value is -3.02. The van der Waals surface area contributed by atoms with Crippen LogP contribution >= 0.6 is 0 Å². The zero-order chi connectivity index (χ0) is 20.0. The van der Waals surface area contributed by atoms with E-state index in [-0.39, 0.29) is 24.4 Å². The second kappa shape index (κ2) is 9.07. The molecule has 0 aliphatic rings. The first kappa shape index (κ1) is 20.3. The van der Waals surface area contributed by atoms with Crippen molar-refractivity contribution < 1.29 is 14.3 Å². The highest BCUT2D eigenvalue weighted by Gasteiger charge is 2.11. The SMILES string of the molecule is COc1ccc(C)cc1NC(=O)CNc1ccc(C(=O)NC(C)C)cc1C. The van der Waals surface area contributed by atoms with Gasteiger partial charge in [-0.15, -0.1) is 0 Å². The molecular weight excluding hydrogens is 342 g/mol. The Balaban J connectivity index is 1.99. The van der Waals surface area contributed by atoms with E-state index in [1.54, 1.807) is 13.2 Å². The molecule has 2 amide bonds. The number of carbonyl (C=O) groups excluding carboxylic acids is 2. The molecule has 0 fully saturated rings. The molecule has 0 aromatic heterocycles. The van der Waals surface area contributed by atoms with Gasteiger partial charge in [-0.3, -0.25) is 9.59 Å². The number of methoxy groups -OCH3 is 1. The number of anilines is 2. The molecule has 0 aliphatic heterocycles. The molecule has 144 valence electrons. The minimum atomic E-state index is -0.181. The standard InChI is InChI=1S/C21H27N3O3/c1-13(2)23-21(26)16-7-8-17(15(4)11-16)22-12-20(25)24-18-10-14(3)6-9-19(18)27-5/h6-11,13,22H,12H2,1-5H3,(H,23,26)(H,24,25). The van der Waals surface area contributed by atoms with Crippen molar-refractivity contribution in [3.8, 4) is 5.75 Å². The molecule has 0 spiro atoms. The van der Waals surface area contributed by atoms with Crippen molar-refractivity contribution in [1.82, 2.24) is 5.32 Å². The van der Waals surface area contributed by atoms with E-state index in [4.69, 9.17) is 4.74 Å². The predicted octanol–water partition coefficient (Wildman–Crippen LogP) is 3.50. The van der Waals surface area contributed by atoms with E-state index in [0.29, 0.717) is 17.0 Å². The van der Waals surface area contributed by atoms with Gasteiger partial charge >= 0.3 is 0 Å². The quantitative estimate of drug-likeness (QED) is 0.698. The predicted molar refractivity (Wildman–Crippen MR) is 109 cm³/mol. The Morgan fingerprint density at radius 3 is 2.41 bits per heavy atom. The van der Waals surface area contributed by atoms with Crippen molar-refractivity contribution >= 4 is 23.2 Å². The minimum Gasteiger partial charge on any atom is -0.495 e. The molecular formula is C21H27N3O3. The number of benzene rings is 2. The van der Waals surface area contributed by atoms with Gasteiger partial charge in [0.1, 0.15) is 5.75 Å². The van der Waals surface area contributed by atoms with Gasteiger partial charge in [-0.2, -0.15) is 0 Å². The van der Waals surface area contributed by atoms with Crippen LogP contribution in [0.2, 0.25) is 0 Å². The summed E-state index contributed by atoms with van der Waals surface area (Å²) in [6.07, 6.45) is 0. The normalized spacial score (nSPS) is 10.4. The van der Waals surface area contributed by atoms with Crippen LogP contribution < -0.4 is 20.7 Å². The smallest absolute Gasteiger partial charge is 0.251 e.